The van der Waals surface area contributed by atoms with Crippen molar-refractivity contribution in [2.24, 2.45) is 0 Å². The Hall–Kier alpha value is -2.15. The summed E-state index contributed by atoms with van der Waals surface area (Å²) in [4.78, 5) is 21.1. The molecule has 0 aliphatic heterocycles. The molecule has 0 bridgehead atoms. The summed E-state index contributed by atoms with van der Waals surface area (Å²) in [6.45, 7) is 0.387. The lowest BCUT2D eigenvalue weighted by Crippen LogP contribution is -2.27. The second-order valence-electron chi connectivity index (χ2n) is 4.51. The van der Waals surface area contributed by atoms with E-state index in [1.165, 1.54) is 6.33 Å². The maximum atomic E-state index is 12.3. The zero-order valence-electron chi connectivity index (χ0n) is 10.7. The van der Waals surface area contributed by atoms with Crippen molar-refractivity contribution < 1.29 is 4.79 Å². The number of hydrogen-bond donors (Lipinski definition) is 2. The average molecular weight is 334 g/mol. The molecule has 1 aromatic carbocycles. The summed E-state index contributed by atoms with van der Waals surface area (Å²) < 4.78 is 0.984. The fourth-order valence-corrected chi connectivity index (χ4v) is 2.41. The van der Waals surface area contributed by atoms with Gasteiger partial charge in [0.15, 0.2) is 0 Å². The van der Waals surface area contributed by atoms with Gasteiger partial charge >= 0.3 is 0 Å². The van der Waals surface area contributed by atoms with Gasteiger partial charge in [0, 0.05) is 22.4 Å². The van der Waals surface area contributed by atoms with Gasteiger partial charge in [-0.3, -0.25) is 9.89 Å². The Bertz CT molecular complexity index is 749. The first-order valence-electron chi connectivity index (χ1n) is 6.01. The first-order valence-corrected chi connectivity index (χ1v) is 6.81. The van der Waals surface area contributed by atoms with Crippen LogP contribution in [0.5, 0.6) is 0 Å². The molecule has 0 aliphatic carbocycles. The molecule has 0 saturated heterocycles. The molecular formula is C13H12BrN5O. The van der Waals surface area contributed by atoms with Gasteiger partial charge in [0.25, 0.3) is 5.91 Å². The summed E-state index contributed by atoms with van der Waals surface area (Å²) in [7, 11) is 1.73. The molecule has 0 unspecified atom stereocenters. The molecule has 6 nitrogen and oxygen atoms in total. The van der Waals surface area contributed by atoms with Crippen molar-refractivity contribution in [1.29, 1.82) is 0 Å². The van der Waals surface area contributed by atoms with Gasteiger partial charge in [-0.05, 0) is 24.3 Å². The van der Waals surface area contributed by atoms with Crippen LogP contribution in [-0.2, 0) is 6.54 Å². The van der Waals surface area contributed by atoms with Gasteiger partial charge in [-0.25, -0.2) is 4.98 Å². The monoisotopic (exact) mass is 333 g/mol. The van der Waals surface area contributed by atoms with E-state index in [9.17, 15) is 4.79 Å². The van der Waals surface area contributed by atoms with E-state index in [4.69, 9.17) is 0 Å². The third-order valence-corrected chi connectivity index (χ3v) is 3.50. The van der Waals surface area contributed by atoms with E-state index in [0.29, 0.717) is 18.1 Å². The van der Waals surface area contributed by atoms with Crippen LogP contribution in [-0.4, -0.2) is 38.0 Å². The molecule has 2 N–H and O–H groups in total. The van der Waals surface area contributed by atoms with E-state index in [1.807, 2.05) is 24.3 Å². The second kappa shape index (κ2) is 5.09. The summed E-state index contributed by atoms with van der Waals surface area (Å²) >= 11 is 3.42. The van der Waals surface area contributed by atoms with E-state index in [-0.39, 0.29) is 5.91 Å². The molecule has 102 valence electrons. The molecule has 20 heavy (non-hydrogen) atoms. The molecule has 2 aromatic heterocycles. The highest BCUT2D eigenvalue weighted by Crippen LogP contribution is 2.21. The molecule has 0 aliphatic rings. The average Bonchev–Trinajstić information content (AvgIpc) is 3.06. The molecule has 0 spiro atoms. The lowest BCUT2D eigenvalue weighted by atomic mass is 10.2. The van der Waals surface area contributed by atoms with E-state index < -0.39 is 0 Å². The van der Waals surface area contributed by atoms with E-state index in [0.717, 1.165) is 15.4 Å². The van der Waals surface area contributed by atoms with Gasteiger partial charge in [-0.2, -0.15) is 5.10 Å². The maximum Gasteiger partial charge on any atom is 0.270 e. The smallest absolute Gasteiger partial charge is 0.270 e. The highest BCUT2D eigenvalue weighted by atomic mass is 79.9. The topological polar surface area (TPSA) is 77.7 Å². The number of amides is 1. The number of carbonyl (C=O) groups is 1. The van der Waals surface area contributed by atoms with Crippen LogP contribution >= 0.6 is 15.9 Å². The number of nitrogens with zero attached hydrogens (tertiary/aromatic N) is 3. The Morgan fingerprint density at radius 2 is 2.25 bits per heavy atom. The maximum absolute atomic E-state index is 12.3. The summed E-state index contributed by atoms with van der Waals surface area (Å²) in [5, 5.41) is 7.50. The van der Waals surface area contributed by atoms with Gasteiger partial charge in [-0.15, -0.1) is 0 Å². The van der Waals surface area contributed by atoms with Gasteiger partial charge in [-0.1, -0.05) is 15.9 Å². The predicted molar refractivity (Wildman–Crippen MR) is 78.2 cm³/mol. The number of aromatic amines is 2. The number of fused-ring (bicyclic) bond motifs is 1. The summed E-state index contributed by atoms with van der Waals surface area (Å²) in [6.07, 6.45) is 1.42. The number of benzene rings is 1. The van der Waals surface area contributed by atoms with Crippen LogP contribution in [0.4, 0.5) is 0 Å². The minimum absolute atomic E-state index is 0.0891. The lowest BCUT2D eigenvalue weighted by Gasteiger charge is -2.14. The van der Waals surface area contributed by atoms with Gasteiger partial charge in [0.2, 0.25) is 0 Å². The molecule has 0 atom stereocenters. The summed E-state index contributed by atoms with van der Waals surface area (Å²) in [6, 6.07) is 7.69. The van der Waals surface area contributed by atoms with Crippen molar-refractivity contribution >= 4 is 32.7 Å². The minimum Gasteiger partial charge on any atom is -0.351 e. The van der Waals surface area contributed by atoms with Crippen LogP contribution in [0.15, 0.2) is 35.1 Å². The third kappa shape index (κ3) is 2.44. The van der Waals surface area contributed by atoms with Gasteiger partial charge in [0.05, 0.1) is 6.54 Å². The SMILES string of the molecule is CN(Cc1ncn[nH]1)C(=O)c1cc2cc(Br)ccc2[nH]1. The van der Waals surface area contributed by atoms with E-state index >= 15 is 0 Å². The van der Waals surface area contributed by atoms with Crippen molar-refractivity contribution in [1.82, 2.24) is 25.1 Å². The van der Waals surface area contributed by atoms with E-state index in [2.05, 4.69) is 36.1 Å². The molecule has 2 heterocycles. The Labute approximate surface area is 123 Å². The Balaban J connectivity index is 1.84. The van der Waals surface area contributed by atoms with Crippen LogP contribution in [0.1, 0.15) is 16.3 Å². The summed E-state index contributed by atoms with van der Waals surface area (Å²) in [5.41, 5.74) is 1.49. The van der Waals surface area contributed by atoms with Crippen molar-refractivity contribution in [3.8, 4) is 0 Å². The van der Waals surface area contributed by atoms with Crippen LogP contribution < -0.4 is 0 Å². The highest BCUT2D eigenvalue weighted by Gasteiger charge is 2.15. The number of rotatable bonds is 3. The minimum atomic E-state index is -0.0891. The lowest BCUT2D eigenvalue weighted by molar-refractivity contribution is 0.0777. The number of H-pyrrole nitrogens is 2. The Morgan fingerprint density at radius 1 is 1.40 bits per heavy atom. The van der Waals surface area contributed by atoms with Crippen molar-refractivity contribution in [3.63, 3.8) is 0 Å². The molecule has 3 aromatic rings. The standard InChI is InChI=1S/C13H12BrN5O/c1-19(6-12-15-7-16-18-12)13(20)11-5-8-4-9(14)2-3-10(8)17-11/h2-5,7,17H,6H2,1H3,(H,15,16,18). The van der Waals surface area contributed by atoms with E-state index in [1.54, 1.807) is 11.9 Å². The van der Waals surface area contributed by atoms with Gasteiger partial charge in [0.1, 0.15) is 17.8 Å². The first kappa shape index (κ1) is 12.9. The van der Waals surface area contributed by atoms with Crippen LogP contribution in [0.3, 0.4) is 0 Å². The molecule has 0 saturated carbocycles. The third-order valence-electron chi connectivity index (χ3n) is 3.01. The zero-order valence-corrected chi connectivity index (χ0v) is 12.3. The van der Waals surface area contributed by atoms with Crippen molar-refractivity contribution in [3.05, 3.63) is 46.6 Å². The van der Waals surface area contributed by atoms with Crippen LogP contribution in [0, 0.1) is 0 Å². The molecule has 7 heteroatoms. The number of carbonyl (C=O) groups excluding carboxylic acids is 1. The molecular weight excluding hydrogens is 322 g/mol. The number of halogens is 1. The molecule has 1 amide bonds. The number of nitrogens with one attached hydrogen (secondary N) is 2. The number of aromatic nitrogens is 4. The predicted octanol–water partition coefficient (Wildman–Crippen LogP) is 2.32. The molecule has 0 fully saturated rings. The normalized spacial score (nSPS) is 10.9. The van der Waals surface area contributed by atoms with Gasteiger partial charge < -0.3 is 9.88 Å². The van der Waals surface area contributed by atoms with Crippen LogP contribution in [0.25, 0.3) is 10.9 Å². The summed E-state index contributed by atoms with van der Waals surface area (Å²) in [5.74, 6) is 0.563. The second-order valence-corrected chi connectivity index (χ2v) is 5.42. The van der Waals surface area contributed by atoms with Crippen molar-refractivity contribution in [2.75, 3.05) is 7.05 Å². The Kier molecular flexibility index (Phi) is 3.27. The molecule has 3 rings (SSSR count). The molecule has 0 radical (unpaired) electrons. The van der Waals surface area contributed by atoms with Crippen LogP contribution in [0.2, 0.25) is 0 Å². The Morgan fingerprint density at radius 3 is 3.00 bits per heavy atom. The number of hydrogen-bond acceptors (Lipinski definition) is 3. The van der Waals surface area contributed by atoms with Crippen molar-refractivity contribution in [2.45, 2.75) is 6.54 Å². The highest BCUT2D eigenvalue weighted by molar-refractivity contribution is 9.10. The fourth-order valence-electron chi connectivity index (χ4n) is 2.03. The quantitative estimate of drug-likeness (QED) is 0.772. The fraction of sp³-hybridized carbons (Fsp3) is 0.154. The first-order chi connectivity index (χ1) is 9.63. The zero-order chi connectivity index (χ0) is 14.1. The largest absolute Gasteiger partial charge is 0.351 e.